The molecule has 0 aliphatic rings. The van der Waals surface area contributed by atoms with Gasteiger partial charge in [-0.3, -0.25) is 0 Å². The number of aryl methyl sites for hydroxylation is 2. The van der Waals surface area contributed by atoms with Crippen molar-refractivity contribution in [1.29, 1.82) is 0 Å². The fourth-order valence-electron chi connectivity index (χ4n) is 4.02. The third kappa shape index (κ3) is 2.69. The Morgan fingerprint density at radius 3 is 2.81 bits per heavy atom. The number of fused-ring (bicyclic) bond motifs is 4. The quantitative estimate of drug-likeness (QED) is 0.370. The Kier molecular flexibility index (Phi) is 4.24. The molecule has 0 saturated heterocycles. The maximum absolute atomic E-state index is 3.61. The van der Waals surface area contributed by atoms with Crippen LogP contribution >= 0.6 is 0 Å². The molecular weight excluding hydrogens is 322 g/mol. The summed E-state index contributed by atoms with van der Waals surface area (Å²) in [6.45, 7) is 4.37. The molecular formula is C21H28N5+3. The zero-order valence-corrected chi connectivity index (χ0v) is 16.0. The highest BCUT2D eigenvalue weighted by atomic mass is 15.1. The first-order chi connectivity index (χ1) is 12.6. The second-order valence-corrected chi connectivity index (χ2v) is 7.45. The fourth-order valence-corrected chi connectivity index (χ4v) is 4.02. The van der Waals surface area contributed by atoms with Gasteiger partial charge in [-0.15, -0.1) is 0 Å². The summed E-state index contributed by atoms with van der Waals surface area (Å²) in [5, 5.41) is 8.72. The average molecular weight is 350 g/mol. The maximum atomic E-state index is 3.61. The molecule has 0 atom stereocenters. The van der Waals surface area contributed by atoms with Crippen molar-refractivity contribution in [2.45, 2.75) is 13.3 Å². The van der Waals surface area contributed by atoms with Crippen LogP contribution < -0.4 is 19.8 Å². The molecule has 1 aromatic carbocycles. The number of aromatic amines is 2. The highest BCUT2D eigenvalue weighted by molar-refractivity contribution is 6.12. The molecule has 4 rings (SSSR count). The first-order valence-corrected chi connectivity index (χ1v) is 9.33. The largest absolute Gasteiger partial charge is 0.371 e. The number of nitrogens with zero attached hydrogens (tertiary/aromatic N) is 1. The van der Waals surface area contributed by atoms with E-state index in [-0.39, 0.29) is 0 Å². The molecule has 0 aliphatic heterocycles. The molecule has 4 N–H and O–H groups in total. The Balaban J connectivity index is 1.87. The van der Waals surface area contributed by atoms with E-state index in [0.29, 0.717) is 0 Å². The molecule has 5 heteroatoms. The number of nitrogens with one attached hydrogen (secondary N) is 4. The molecule has 3 aromatic heterocycles. The average Bonchev–Trinajstić information content (AvgIpc) is 2.92. The molecule has 134 valence electrons. The number of pyridine rings is 2. The molecule has 0 amide bonds. The second kappa shape index (κ2) is 6.57. The van der Waals surface area contributed by atoms with Gasteiger partial charge in [-0.25, -0.2) is 4.98 Å². The molecule has 0 fully saturated rings. The normalized spacial score (nSPS) is 11.9. The molecule has 3 heterocycles. The van der Waals surface area contributed by atoms with Crippen molar-refractivity contribution in [2.24, 2.45) is 7.05 Å². The van der Waals surface area contributed by atoms with Crippen LogP contribution in [0.2, 0.25) is 0 Å². The Labute approximate surface area is 153 Å². The predicted octanol–water partition coefficient (Wildman–Crippen LogP) is 1.37. The van der Waals surface area contributed by atoms with Crippen molar-refractivity contribution in [3.8, 4) is 0 Å². The van der Waals surface area contributed by atoms with Crippen LogP contribution in [0.3, 0.4) is 0 Å². The number of hydrogen-bond donors (Lipinski definition) is 3. The molecule has 0 aliphatic carbocycles. The lowest BCUT2D eigenvalue weighted by Gasteiger charge is -2.12. The van der Waals surface area contributed by atoms with Gasteiger partial charge in [-0.1, -0.05) is 0 Å². The van der Waals surface area contributed by atoms with E-state index in [2.05, 4.69) is 72.3 Å². The van der Waals surface area contributed by atoms with Crippen LogP contribution in [0.1, 0.15) is 12.0 Å². The van der Waals surface area contributed by atoms with Crippen LogP contribution in [0.4, 0.5) is 5.82 Å². The summed E-state index contributed by atoms with van der Waals surface area (Å²) in [5.41, 5.74) is 3.89. The maximum Gasteiger partial charge on any atom is 0.225 e. The van der Waals surface area contributed by atoms with Crippen LogP contribution in [-0.4, -0.2) is 32.2 Å². The van der Waals surface area contributed by atoms with E-state index in [1.165, 1.54) is 49.6 Å². The van der Waals surface area contributed by atoms with E-state index in [1.54, 1.807) is 0 Å². The van der Waals surface area contributed by atoms with E-state index >= 15 is 0 Å². The standard InChI is InChI=1S/C21H25N5/c1-14-15-6-10-24-21(23-8-5-11-25(2)3)17(15)12-16-18-13-22-9-7-19(18)26(4)20(14)16/h6-7,9-10,12-13H,5,8,11H2,1-4H3,(H,23,24)/p+3. The molecule has 0 radical (unpaired) electrons. The van der Waals surface area contributed by atoms with Crippen LogP contribution in [0.15, 0.2) is 36.8 Å². The van der Waals surface area contributed by atoms with Gasteiger partial charge in [0.15, 0.2) is 12.4 Å². The Morgan fingerprint density at radius 1 is 1.15 bits per heavy atom. The van der Waals surface area contributed by atoms with Gasteiger partial charge in [0.2, 0.25) is 11.0 Å². The molecule has 0 unspecified atom stereocenters. The highest BCUT2D eigenvalue weighted by Crippen LogP contribution is 2.33. The van der Waals surface area contributed by atoms with Gasteiger partial charge in [-0.2, -0.15) is 4.57 Å². The minimum absolute atomic E-state index is 0.973. The second-order valence-electron chi connectivity index (χ2n) is 7.45. The topological polar surface area (TPSA) is 50.3 Å². The molecule has 0 saturated carbocycles. The van der Waals surface area contributed by atoms with Crippen LogP contribution in [0.5, 0.6) is 0 Å². The summed E-state index contributed by atoms with van der Waals surface area (Å²) in [7, 11) is 6.55. The number of hydrogen-bond acceptors (Lipinski definition) is 1. The van der Waals surface area contributed by atoms with E-state index in [0.717, 1.165) is 18.8 Å². The van der Waals surface area contributed by atoms with Gasteiger partial charge in [0.1, 0.15) is 18.3 Å². The summed E-state index contributed by atoms with van der Waals surface area (Å²) >= 11 is 0. The van der Waals surface area contributed by atoms with Crippen LogP contribution in [0.25, 0.3) is 32.6 Å². The van der Waals surface area contributed by atoms with Gasteiger partial charge < -0.3 is 15.2 Å². The smallest absolute Gasteiger partial charge is 0.225 e. The van der Waals surface area contributed by atoms with Gasteiger partial charge in [0.25, 0.3) is 0 Å². The number of anilines is 1. The van der Waals surface area contributed by atoms with Crippen molar-refractivity contribution in [3.63, 3.8) is 0 Å². The van der Waals surface area contributed by atoms with Crippen molar-refractivity contribution in [3.05, 3.63) is 42.4 Å². The zero-order valence-electron chi connectivity index (χ0n) is 16.0. The lowest BCUT2D eigenvalue weighted by Crippen LogP contribution is -3.05. The number of quaternary nitrogens is 1. The van der Waals surface area contributed by atoms with E-state index in [1.807, 2.05) is 12.4 Å². The van der Waals surface area contributed by atoms with E-state index < -0.39 is 0 Å². The van der Waals surface area contributed by atoms with Gasteiger partial charge in [0.05, 0.1) is 32.1 Å². The summed E-state index contributed by atoms with van der Waals surface area (Å²) in [4.78, 5) is 8.13. The van der Waals surface area contributed by atoms with Crippen molar-refractivity contribution < 1.29 is 14.5 Å². The summed E-state index contributed by atoms with van der Waals surface area (Å²) in [6, 6.07) is 6.65. The van der Waals surface area contributed by atoms with Crippen LogP contribution in [0, 0.1) is 6.92 Å². The van der Waals surface area contributed by atoms with Crippen molar-refractivity contribution in [2.75, 3.05) is 32.5 Å². The molecule has 26 heavy (non-hydrogen) atoms. The minimum Gasteiger partial charge on any atom is -0.371 e. The van der Waals surface area contributed by atoms with Crippen LogP contribution in [-0.2, 0) is 7.05 Å². The van der Waals surface area contributed by atoms with Gasteiger partial charge >= 0.3 is 0 Å². The first-order valence-electron chi connectivity index (χ1n) is 9.33. The Hall–Kier alpha value is -2.66. The third-order valence-electron chi connectivity index (χ3n) is 5.32. The van der Waals surface area contributed by atoms with E-state index in [9.17, 15) is 0 Å². The SMILES string of the molecule is Cc1c2cc[nH]c(NCCC[NH+](C)C)c2cc2c3c[nH+]ccc3[n+](C)c12. The number of H-pyrrole nitrogens is 2. The van der Waals surface area contributed by atoms with Gasteiger partial charge in [0, 0.05) is 30.1 Å². The lowest BCUT2D eigenvalue weighted by molar-refractivity contribution is -0.858. The monoisotopic (exact) mass is 350 g/mol. The number of benzene rings is 1. The van der Waals surface area contributed by atoms with Crippen molar-refractivity contribution >= 4 is 38.4 Å². The molecule has 5 nitrogen and oxygen atoms in total. The molecule has 0 bridgehead atoms. The summed E-state index contributed by atoms with van der Waals surface area (Å²) in [6.07, 6.45) is 7.28. The predicted molar refractivity (Wildman–Crippen MR) is 107 cm³/mol. The lowest BCUT2D eigenvalue weighted by atomic mass is 10.0. The zero-order chi connectivity index (χ0) is 18.3. The van der Waals surface area contributed by atoms with Gasteiger partial charge in [-0.05, 0) is 24.4 Å². The third-order valence-corrected chi connectivity index (χ3v) is 5.32. The molecule has 4 aromatic rings. The minimum atomic E-state index is 0.973. The summed E-state index contributed by atoms with van der Waals surface area (Å²) < 4.78 is 2.30. The Morgan fingerprint density at radius 2 is 2.00 bits per heavy atom. The highest BCUT2D eigenvalue weighted by Gasteiger charge is 2.23. The number of aromatic nitrogens is 3. The Bertz CT molecular complexity index is 1090. The van der Waals surface area contributed by atoms with Crippen molar-refractivity contribution in [1.82, 2.24) is 4.98 Å². The molecule has 0 spiro atoms. The fraction of sp³-hybridized carbons (Fsp3) is 0.333. The first kappa shape index (κ1) is 16.8. The summed E-state index contributed by atoms with van der Waals surface area (Å²) in [5.74, 6) is 1.11. The van der Waals surface area contributed by atoms with E-state index in [4.69, 9.17) is 0 Å². The number of rotatable bonds is 5.